The van der Waals surface area contributed by atoms with E-state index in [9.17, 15) is 19.2 Å². The van der Waals surface area contributed by atoms with E-state index in [1.165, 1.54) is 31.3 Å². The minimum atomic E-state index is -0.598. The number of halogens is 1. The number of fused-ring (bicyclic) bond motifs is 1. The van der Waals surface area contributed by atoms with Crippen LogP contribution in [0, 0.1) is 0 Å². The molecule has 0 saturated carbocycles. The third-order valence-electron chi connectivity index (χ3n) is 5.13. The van der Waals surface area contributed by atoms with Gasteiger partial charge in [-0.3, -0.25) is 19.3 Å². The molecule has 0 unspecified atom stereocenters. The van der Waals surface area contributed by atoms with Gasteiger partial charge in [0, 0.05) is 19.0 Å². The molecule has 0 spiro atoms. The third kappa shape index (κ3) is 4.91. The number of benzene rings is 2. The highest BCUT2D eigenvalue weighted by Crippen LogP contribution is 2.31. The number of carbonyl (C=O) groups is 4. The lowest BCUT2D eigenvalue weighted by Gasteiger charge is -2.14. The molecule has 9 heteroatoms. The van der Waals surface area contributed by atoms with E-state index >= 15 is 0 Å². The molecule has 0 bridgehead atoms. The average molecular weight is 459 g/mol. The van der Waals surface area contributed by atoms with Crippen molar-refractivity contribution in [2.45, 2.75) is 25.7 Å². The molecule has 3 amide bonds. The van der Waals surface area contributed by atoms with Gasteiger partial charge in [-0.2, -0.15) is 0 Å². The van der Waals surface area contributed by atoms with Gasteiger partial charge in [-0.1, -0.05) is 30.2 Å². The van der Waals surface area contributed by atoms with Crippen LogP contribution in [0.2, 0.25) is 5.02 Å². The van der Waals surface area contributed by atoms with Crippen molar-refractivity contribution >= 4 is 41.0 Å². The Morgan fingerprint density at radius 1 is 1.00 bits per heavy atom. The van der Waals surface area contributed by atoms with Crippen LogP contribution in [0.15, 0.2) is 36.4 Å². The first-order chi connectivity index (χ1) is 15.4. The van der Waals surface area contributed by atoms with Gasteiger partial charge in [0.2, 0.25) is 5.91 Å². The fourth-order valence-electron chi connectivity index (χ4n) is 3.47. The topological polar surface area (TPSA) is 102 Å². The fourth-order valence-corrected chi connectivity index (χ4v) is 3.69. The Bertz CT molecular complexity index is 1030. The number of anilines is 1. The second kappa shape index (κ2) is 10.3. The lowest BCUT2D eigenvalue weighted by Crippen LogP contribution is -2.30. The summed E-state index contributed by atoms with van der Waals surface area (Å²) in [6, 6.07) is 9.61. The molecule has 0 atom stereocenters. The average Bonchev–Trinajstić information content (AvgIpc) is 3.04. The highest BCUT2D eigenvalue weighted by molar-refractivity contribution is 6.34. The summed E-state index contributed by atoms with van der Waals surface area (Å²) in [5.74, 6) is -1.16. The highest BCUT2D eigenvalue weighted by atomic mass is 35.5. The van der Waals surface area contributed by atoms with Crippen molar-refractivity contribution in [3.63, 3.8) is 0 Å². The number of esters is 1. The van der Waals surface area contributed by atoms with Crippen LogP contribution in [-0.2, 0) is 9.53 Å². The van der Waals surface area contributed by atoms with Crippen LogP contribution in [0.3, 0.4) is 0 Å². The molecular weight excluding hydrogens is 436 g/mol. The number of hydrogen-bond donors (Lipinski definition) is 1. The van der Waals surface area contributed by atoms with Crippen LogP contribution < -0.4 is 10.1 Å². The second-order valence-electron chi connectivity index (χ2n) is 7.19. The van der Waals surface area contributed by atoms with Crippen molar-refractivity contribution < 1.29 is 28.7 Å². The monoisotopic (exact) mass is 458 g/mol. The summed E-state index contributed by atoms with van der Waals surface area (Å²) < 4.78 is 9.87. The van der Waals surface area contributed by atoms with Crippen LogP contribution >= 0.6 is 11.6 Å². The number of ether oxygens (including phenoxy) is 2. The standard InChI is InChI=1S/C23H23ClN2O6/c1-31-19-13-18(17(24)12-16(19)23(30)32-2)25-20(27)10-4-3-7-11-26-21(28)14-8-5-6-9-15(14)22(26)29/h5-6,8-9,12-13H,3-4,7,10-11H2,1-2H3,(H,25,27). The number of imide groups is 1. The summed E-state index contributed by atoms with van der Waals surface area (Å²) >= 11 is 6.18. The molecule has 32 heavy (non-hydrogen) atoms. The lowest BCUT2D eigenvalue weighted by molar-refractivity contribution is -0.116. The lowest BCUT2D eigenvalue weighted by atomic mass is 10.1. The van der Waals surface area contributed by atoms with Crippen LogP contribution in [-0.4, -0.2) is 49.4 Å². The first kappa shape index (κ1) is 23.3. The number of carbonyl (C=O) groups excluding carboxylic acids is 4. The number of nitrogens with one attached hydrogen (secondary N) is 1. The summed E-state index contributed by atoms with van der Waals surface area (Å²) in [7, 11) is 2.65. The molecule has 168 valence electrons. The third-order valence-corrected chi connectivity index (χ3v) is 5.45. The molecule has 2 aromatic rings. The molecule has 2 aromatic carbocycles. The van der Waals surface area contributed by atoms with Crippen molar-refractivity contribution in [2.75, 3.05) is 26.1 Å². The van der Waals surface area contributed by atoms with Crippen molar-refractivity contribution in [2.24, 2.45) is 0 Å². The van der Waals surface area contributed by atoms with Gasteiger partial charge in [-0.25, -0.2) is 4.79 Å². The molecule has 0 aliphatic carbocycles. The van der Waals surface area contributed by atoms with Crippen molar-refractivity contribution in [1.82, 2.24) is 4.90 Å². The zero-order chi connectivity index (χ0) is 23.3. The quantitative estimate of drug-likeness (QED) is 0.347. The zero-order valence-corrected chi connectivity index (χ0v) is 18.5. The van der Waals surface area contributed by atoms with E-state index in [1.807, 2.05) is 0 Å². The van der Waals surface area contributed by atoms with E-state index in [2.05, 4.69) is 10.1 Å². The normalized spacial score (nSPS) is 12.5. The molecule has 0 saturated heterocycles. The first-order valence-corrected chi connectivity index (χ1v) is 10.5. The van der Waals surface area contributed by atoms with E-state index in [-0.39, 0.29) is 40.5 Å². The number of hydrogen-bond acceptors (Lipinski definition) is 6. The predicted octanol–water partition coefficient (Wildman–Crippen LogP) is 3.93. The first-order valence-electron chi connectivity index (χ1n) is 10.1. The minimum Gasteiger partial charge on any atom is -0.496 e. The maximum atomic E-state index is 12.3. The highest BCUT2D eigenvalue weighted by Gasteiger charge is 2.34. The molecular formula is C23H23ClN2O6. The Kier molecular flexibility index (Phi) is 7.48. The Morgan fingerprint density at radius 3 is 2.25 bits per heavy atom. The van der Waals surface area contributed by atoms with Crippen molar-refractivity contribution in [3.8, 4) is 5.75 Å². The van der Waals surface area contributed by atoms with Gasteiger partial charge >= 0.3 is 5.97 Å². The zero-order valence-electron chi connectivity index (χ0n) is 17.8. The van der Waals surface area contributed by atoms with Gasteiger partial charge in [0.25, 0.3) is 11.8 Å². The van der Waals surface area contributed by atoms with Crippen LogP contribution in [0.25, 0.3) is 0 Å². The van der Waals surface area contributed by atoms with E-state index < -0.39 is 5.97 Å². The van der Waals surface area contributed by atoms with Gasteiger partial charge in [-0.15, -0.1) is 0 Å². The number of unbranched alkanes of at least 4 members (excludes halogenated alkanes) is 2. The number of rotatable bonds is 9. The molecule has 1 N–H and O–H groups in total. The van der Waals surface area contributed by atoms with E-state index in [4.69, 9.17) is 16.3 Å². The van der Waals surface area contributed by atoms with Crippen molar-refractivity contribution in [1.29, 1.82) is 0 Å². The fraction of sp³-hybridized carbons (Fsp3) is 0.304. The number of methoxy groups -OCH3 is 2. The number of nitrogens with zero attached hydrogens (tertiary/aromatic N) is 1. The summed E-state index contributed by atoms with van der Waals surface area (Å²) in [4.78, 5) is 50.0. The van der Waals surface area contributed by atoms with E-state index in [0.29, 0.717) is 42.6 Å². The predicted molar refractivity (Wildman–Crippen MR) is 118 cm³/mol. The summed E-state index contributed by atoms with van der Waals surface area (Å²) in [5.41, 5.74) is 1.35. The van der Waals surface area contributed by atoms with Crippen LogP contribution in [0.4, 0.5) is 5.69 Å². The van der Waals surface area contributed by atoms with Gasteiger partial charge in [0.1, 0.15) is 11.3 Å². The summed E-state index contributed by atoms with van der Waals surface area (Å²) in [6.07, 6.45) is 2.07. The molecule has 3 rings (SSSR count). The van der Waals surface area contributed by atoms with Gasteiger partial charge in [0.05, 0.1) is 36.1 Å². The molecule has 0 radical (unpaired) electrons. The molecule has 1 heterocycles. The Hall–Kier alpha value is -3.39. The van der Waals surface area contributed by atoms with Gasteiger partial charge in [0.15, 0.2) is 0 Å². The molecule has 0 fully saturated rings. The van der Waals surface area contributed by atoms with E-state index in [1.54, 1.807) is 24.3 Å². The summed E-state index contributed by atoms with van der Waals surface area (Å²) in [5, 5.41) is 2.89. The van der Waals surface area contributed by atoms with Gasteiger partial charge < -0.3 is 14.8 Å². The Morgan fingerprint density at radius 2 is 1.66 bits per heavy atom. The Labute approximate surface area is 190 Å². The SMILES string of the molecule is COC(=O)c1cc(Cl)c(NC(=O)CCCCCN2C(=O)c3ccccc3C2=O)cc1OC. The van der Waals surface area contributed by atoms with Crippen LogP contribution in [0.5, 0.6) is 5.75 Å². The smallest absolute Gasteiger partial charge is 0.341 e. The molecule has 8 nitrogen and oxygen atoms in total. The van der Waals surface area contributed by atoms with Gasteiger partial charge in [-0.05, 0) is 31.0 Å². The Balaban J connectivity index is 1.47. The maximum absolute atomic E-state index is 12.3. The molecule has 1 aliphatic heterocycles. The van der Waals surface area contributed by atoms with Crippen molar-refractivity contribution in [3.05, 3.63) is 58.1 Å². The number of amides is 3. The summed E-state index contributed by atoms with van der Waals surface area (Å²) in [6.45, 7) is 0.311. The molecule has 1 aliphatic rings. The van der Waals surface area contributed by atoms with Crippen LogP contribution in [0.1, 0.15) is 56.8 Å². The second-order valence-corrected chi connectivity index (χ2v) is 7.60. The largest absolute Gasteiger partial charge is 0.496 e. The van der Waals surface area contributed by atoms with E-state index in [0.717, 1.165) is 0 Å². The molecule has 0 aromatic heterocycles. The minimum absolute atomic E-state index is 0.158. The maximum Gasteiger partial charge on any atom is 0.341 e.